The quantitative estimate of drug-likeness (QED) is 0.744. The van der Waals surface area contributed by atoms with Crippen LogP contribution in [0.4, 0.5) is 14.9 Å². The number of ether oxygens (including phenoxy) is 1. The fourth-order valence-corrected chi connectivity index (χ4v) is 3.08. The maximum Gasteiger partial charge on any atom is 0.407 e. The first-order valence-electron chi connectivity index (χ1n) is 7.54. The van der Waals surface area contributed by atoms with Gasteiger partial charge in [0.05, 0.1) is 10.0 Å². The van der Waals surface area contributed by atoms with Gasteiger partial charge in [-0.15, -0.1) is 0 Å². The Morgan fingerprint density at radius 3 is 2.35 bits per heavy atom. The monoisotopic (exact) mass is 362 g/mol. The number of amides is 1. The molecule has 1 aliphatic carbocycles. The lowest BCUT2D eigenvalue weighted by Gasteiger charge is -2.22. The number of hydrogen-bond donors (Lipinski definition) is 2. The molecule has 0 radical (unpaired) electrons. The van der Waals surface area contributed by atoms with Crippen LogP contribution >= 0.6 is 23.2 Å². The standard InChI is InChI=1S/C16H21Cl2FN2O2/c1-16(2,3)23-15(22)21-10-5-4-9(6-10)20-11-7-12(17)14(19)13(18)8-11/h7-10,20H,4-6H2,1-3H3,(H,21,22). The summed E-state index contributed by atoms with van der Waals surface area (Å²) in [5, 5.41) is 6.12. The van der Waals surface area contributed by atoms with Gasteiger partial charge < -0.3 is 15.4 Å². The second-order valence-electron chi connectivity index (χ2n) is 6.75. The van der Waals surface area contributed by atoms with E-state index >= 15 is 0 Å². The molecule has 2 rings (SSSR count). The van der Waals surface area contributed by atoms with Gasteiger partial charge in [0.1, 0.15) is 5.60 Å². The van der Waals surface area contributed by atoms with Crippen molar-refractivity contribution in [2.24, 2.45) is 0 Å². The van der Waals surface area contributed by atoms with E-state index in [4.69, 9.17) is 27.9 Å². The van der Waals surface area contributed by atoms with Crippen molar-refractivity contribution < 1.29 is 13.9 Å². The van der Waals surface area contributed by atoms with Crippen LogP contribution in [0.15, 0.2) is 12.1 Å². The van der Waals surface area contributed by atoms with Crippen LogP contribution in [0.2, 0.25) is 10.0 Å². The van der Waals surface area contributed by atoms with Crippen molar-refractivity contribution in [2.75, 3.05) is 5.32 Å². The lowest BCUT2D eigenvalue weighted by molar-refractivity contribution is 0.0505. The van der Waals surface area contributed by atoms with Crippen LogP contribution in [0.1, 0.15) is 40.0 Å². The first-order chi connectivity index (χ1) is 10.6. The minimum atomic E-state index is -0.616. The van der Waals surface area contributed by atoms with Crippen molar-refractivity contribution in [3.8, 4) is 0 Å². The lowest BCUT2D eigenvalue weighted by Crippen LogP contribution is -2.38. The fourth-order valence-electron chi connectivity index (χ4n) is 2.59. The normalized spacial score (nSPS) is 21.1. The summed E-state index contributed by atoms with van der Waals surface area (Å²) >= 11 is 11.6. The summed E-state index contributed by atoms with van der Waals surface area (Å²) in [6.45, 7) is 5.48. The first kappa shape index (κ1) is 18.1. The summed E-state index contributed by atoms with van der Waals surface area (Å²) < 4.78 is 18.7. The topological polar surface area (TPSA) is 50.4 Å². The number of rotatable bonds is 3. The molecule has 2 N–H and O–H groups in total. The van der Waals surface area contributed by atoms with Crippen LogP contribution in [0, 0.1) is 5.82 Å². The third-order valence-electron chi connectivity index (χ3n) is 3.51. The summed E-state index contributed by atoms with van der Waals surface area (Å²) in [4.78, 5) is 11.8. The average Bonchev–Trinajstić information content (AvgIpc) is 2.80. The summed E-state index contributed by atoms with van der Waals surface area (Å²) in [6, 6.07) is 3.23. The first-order valence-corrected chi connectivity index (χ1v) is 8.30. The molecule has 0 saturated heterocycles. The van der Waals surface area contributed by atoms with Crippen molar-refractivity contribution in [2.45, 2.75) is 57.7 Å². The van der Waals surface area contributed by atoms with Crippen LogP contribution in [-0.4, -0.2) is 23.8 Å². The van der Waals surface area contributed by atoms with Crippen molar-refractivity contribution >= 4 is 35.0 Å². The Morgan fingerprint density at radius 1 is 1.22 bits per heavy atom. The zero-order chi connectivity index (χ0) is 17.2. The molecule has 1 amide bonds. The van der Waals surface area contributed by atoms with Gasteiger partial charge in [-0.3, -0.25) is 0 Å². The molecule has 4 nitrogen and oxygen atoms in total. The van der Waals surface area contributed by atoms with Crippen molar-refractivity contribution in [1.82, 2.24) is 5.32 Å². The smallest absolute Gasteiger partial charge is 0.407 e. The van der Waals surface area contributed by atoms with Gasteiger partial charge in [-0.05, 0) is 52.2 Å². The Balaban J connectivity index is 1.87. The number of halogens is 3. The van der Waals surface area contributed by atoms with E-state index in [1.165, 1.54) is 12.1 Å². The minimum absolute atomic E-state index is 0.0126. The summed E-state index contributed by atoms with van der Waals surface area (Å²) in [6.07, 6.45) is 2.08. The third-order valence-corrected chi connectivity index (χ3v) is 4.06. The molecule has 0 aliphatic heterocycles. The number of hydrogen-bond acceptors (Lipinski definition) is 3. The molecular formula is C16H21Cl2FN2O2. The number of benzene rings is 1. The molecule has 0 bridgehead atoms. The van der Waals surface area contributed by atoms with Crippen LogP contribution in [0.25, 0.3) is 0 Å². The molecule has 2 unspecified atom stereocenters. The van der Waals surface area contributed by atoms with E-state index in [1.54, 1.807) is 0 Å². The zero-order valence-electron chi connectivity index (χ0n) is 13.4. The highest BCUT2D eigenvalue weighted by Crippen LogP contribution is 2.30. The van der Waals surface area contributed by atoms with Gasteiger partial charge in [0.25, 0.3) is 0 Å². The van der Waals surface area contributed by atoms with E-state index in [-0.39, 0.29) is 22.1 Å². The van der Waals surface area contributed by atoms with Crippen molar-refractivity contribution in [3.63, 3.8) is 0 Å². The number of carbonyl (C=O) groups is 1. The van der Waals surface area contributed by atoms with Gasteiger partial charge in [-0.1, -0.05) is 23.2 Å². The Hall–Kier alpha value is -1.20. The highest BCUT2D eigenvalue weighted by molar-refractivity contribution is 6.35. The predicted molar refractivity (Wildman–Crippen MR) is 90.8 cm³/mol. The molecule has 0 spiro atoms. The molecule has 1 aromatic carbocycles. The second-order valence-corrected chi connectivity index (χ2v) is 7.57. The Bertz CT molecular complexity index is 567. The Kier molecular flexibility index (Phi) is 5.63. The average molecular weight is 363 g/mol. The summed E-state index contributed by atoms with van der Waals surface area (Å²) in [5.74, 6) is -0.616. The third kappa shape index (κ3) is 5.43. The van der Waals surface area contributed by atoms with E-state index in [0.717, 1.165) is 19.3 Å². The number of alkyl carbamates (subject to hydrolysis) is 1. The van der Waals surface area contributed by atoms with E-state index in [1.807, 2.05) is 20.8 Å². The van der Waals surface area contributed by atoms with Crippen molar-refractivity contribution in [1.29, 1.82) is 0 Å². The van der Waals surface area contributed by atoms with Gasteiger partial charge in [-0.2, -0.15) is 0 Å². The molecule has 2 atom stereocenters. The van der Waals surface area contributed by atoms with E-state index in [2.05, 4.69) is 10.6 Å². The molecule has 1 saturated carbocycles. The van der Waals surface area contributed by atoms with Gasteiger partial charge in [0, 0.05) is 17.8 Å². The molecule has 0 aromatic heterocycles. The fraction of sp³-hybridized carbons (Fsp3) is 0.562. The molecule has 7 heteroatoms. The molecule has 1 fully saturated rings. The highest BCUT2D eigenvalue weighted by Gasteiger charge is 2.27. The molecule has 128 valence electrons. The lowest BCUT2D eigenvalue weighted by atomic mass is 10.2. The maximum atomic E-state index is 13.4. The zero-order valence-corrected chi connectivity index (χ0v) is 14.9. The van der Waals surface area contributed by atoms with E-state index in [0.29, 0.717) is 5.69 Å². The van der Waals surface area contributed by atoms with Gasteiger partial charge in [0.15, 0.2) is 5.82 Å². The maximum absolute atomic E-state index is 13.4. The predicted octanol–water partition coefficient (Wildman–Crippen LogP) is 4.99. The van der Waals surface area contributed by atoms with E-state index < -0.39 is 17.5 Å². The van der Waals surface area contributed by atoms with Crippen LogP contribution in [0.5, 0.6) is 0 Å². The molecule has 1 aliphatic rings. The van der Waals surface area contributed by atoms with Gasteiger partial charge in [-0.25, -0.2) is 9.18 Å². The number of nitrogens with one attached hydrogen (secondary N) is 2. The molecule has 23 heavy (non-hydrogen) atoms. The van der Waals surface area contributed by atoms with Crippen LogP contribution in [0.3, 0.4) is 0 Å². The van der Waals surface area contributed by atoms with Crippen molar-refractivity contribution in [3.05, 3.63) is 28.0 Å². The van der Waals surface area contributed by atoms with Gasteiger partial charge in [0.2, 0.25) is 0 Å². The molecular weight excluding hydrogens is 342 g/mol. The molecule has 0 heterocycles. The summed E-state index contributed by atoms with van der Waals surface area (Å²) in [5.41, 5.74) is 0.159. The van der Waals surface area contributed by atoms with Crippen LogP contribution in [-0.2, 0) is 4.74 Å². The number of carbonyl (C=O) groups excluding carboxylic acids is 1. The minimum Gasteiger partial charge on any atom is -0.444 e. The SMILES string of the molecule is CC(C)(C)OC(=O)NC1CCC(Nc2cc(Cl)c(F)c(Cl)c2)C1. The highest BCUT2D eigenvalue weighted by atomic mass is 35.5. The Morgan fingerprint density at radius 2 is 1.78 bits per heavy atom. The largest absolute Gasteiger partial charge is 0.444 e. The summed E-state index contributed by atoms with van der Waals surface area (Å²) in [7, 11) is 0. The number of anilines is 1. The van der Waals surface area contributed by atoms with E-state index in [9.17, 15) is 9.18 Å². The van der Waals surface area contributed by atoms with Gasteiger partial charge >= 0.3 is 6.09 Å². The van der Waals surface area contributed by atoms with Crippen LogP contribution < -0.4 is 10.6 Å². The second kappa shape index (κ2) is 7.14. The molecule has 1 aromatic rings. The Labute approximate surface area is 145 Å².